The average molecular weight is 291 g/mol. The summed E-state index contributed by atoms with van der Waals surface area (Å²) in [6.45, 7) is 0.817. The Balaban J connectivity index is 1.98. The molecule has 1 unspecified atom stereocenters. The zero-order valence-electron chi connectivity index (χ0n) is 11.7. The summed E-state index contributed by atoms with van der Waals surface area (Å²) >= 11 is 0. The van der Waals surface area contributed by atoms with Gasteiger partial charge in [0.05, 0.1) is 18.1 Å². The van der Waals surface area contributed by atoms with Crippen LogP contribution in [0.25, 0.3) is 0 Å². The molecule has 0 aliphatic carbocycles. The van der Waals surface area contributed by atoms with Crippen molar-refractivity contribution in [1.82, 2.24) is 9.55 Å². The standard InChI is InChI=1S/C15H21N3OS/c1-20(19)9-5-8-18-12-17-11-15(18)14(16)10-13-6-3-2-4-7-13/h2-4,6-7,11-12,14H,5,8-10,16H2,1H3/t14-,20?/m1/s1. The number of benzene rings is 1. The Morgan fingerprint density at radius 3 is 2.80 bits per heavy atom. The van der Waals surface area contributed by atoms with Crippen LogP contribution in [0, 0.1) is 0 Å². The number of hydrogen-bond donors (Lipinski definition) is 1. The Bertz CT molecular complexity index is 553. The van der Waals surface area contributed by atoms with Crippen molar-refractivity contribution in [1.29, 1.82) is 0 Å². The highest BCUT2D eigenvalue weighted by molar-refractivity contribution is 7.84. The minimum atomic E-state index is -0.741. The van der Waals surface area contributed by atoms with Crippen LogP contribution in [0.3, 0.4) is 0 Å². The lowest BCUT2D eigenvalue weighted by atomic mass is 10.0. The first kappa shape index (κ1) is 14.9. The molecule has 108 valence electrons. The zero-order chi connectivity index (χ0) is 14.4. The molecule has 0 fully saturated rings. The van der Waals surface area contributed by atoms with E-state index in [0.717, 1.165) is 25.1 Å². The molecule has 1 heterocycles. The van der Waals surface area contributed by atoms with E-state index >= 15 is 0 Å². The lowest BCUT2D eigenvalue weighted by Crippen LogP contribution is -2.18. The maximum atomic E-state index is 11.1. The molecule has 20 heavy (non-hydrogen) atoms. The summed E-state index contributed by atoms with van der Waals surface area (Å²) in [5.41, 5.74) is 8.55. The highest BCUT2D eigenvalue weighted by Gasteiger charge is 2.12. The van der Waals surface area contributed by atoms with Crippen LogP contribution in [-0.4, -0.2) is 25.8 Å². The molecular weight excluding hydrogens is 270 g/mol. The summed E-state index contributed by atoms with van der Waals surface area (Å²) in [4.78, 5) is 4.19. The van der Waals surface area contributed by atoms with Gasteiger partial charge in [-0.05, 0) is 18.4 Å². The fraction of sp³-hybridized carbons (Fsp3) is 0.400. The molecule has 2 aromatic rings. The van der Waals surface area contributed by atoms with Crippen molar-refractivity contribution >= 4 is 10.8 Å². The summed E-state index contributed by atoms with van der Waals surface area (Å²) in [5.74, 6) is 0.714. The van der Waals surface area contributed by atoms with Gasteiger partial charge in [0.15, 0.2) is 0 Å². The molecule has 0 aliphatic heterocycles. The molecule has 0 saturated heterocycles. The van der Waals surface area contributed by atoms with Crippen LogP contribution in [0.5, 0.6) is 0 Å². The average Bonchev–Trinajstić information content (AvgIpc) is 2.88. The highest BCUT2D eigenvalue weighted by atomic mass is 32.2. The lowest BCUT2D eigenvalue weighted by molar-refractivity contribution is 0.589. The Kier molecular flexibility index (Phi) is 5.49. The Labute approximate surface area is 122 Å². The molecule has 1 aromatic carbocycles. The van der Waals surface area contributed by atoms with E-state index in [0.29, 0.717) is 5.75 Å². The molecule has 1 aromatic heterocycles. The molecule has 4 nitrogen and oxygen atoms in total. The molecule has 5 heteroatoms. The van der Waals surface area contributed by atoms with Crippen molar-refractivity contribution in [2.24, 2.45) is 5.73 Å². The minimum absolute atomic E-state index is 0.0629. The van der Waals surface area contributed by atoms with Gasteiger partial charge in [0.25, 0.3) is 0 Å². The molecule has 0 amide bonds. The minimum Gasteiger partial charge on any atom is -0.333 e. The largest absolute Gasteiger partial charge is 0.333 e. The number of aryl methyl sites for hydroxylation is 1. The van der Waals surface area contributed by atoms with Crippen molar-refractivity contribution in [3.8, 4) is 0 Å². The number of nitrogens with zero attached hydrogens (tertiary/aromatic N) is 2. The molecular formula is C15H21N3OS. The van der Waals surface area contributed by atoms with E-state index in [9.17, 15) is 4.21 Å². The summed E-state index contributed by atoms with van der Waals surface area (Å²) in [6.07, 6.45) is 7.04. The van der Waals surface area contributed by atoms with Crippen LogP contribution >= 0.6 is 0 Å². The summed E-state index contributed by atoms with van der Waals surface area (Å²) in [7, 11) is -0.741. The highest BCUT2D eigenvalue weighted by Crippen LogP contribution is 2.16. The Morgan fingerprint density at radius 2 is 2.10 bits per heavy atom. The number of imidazole rings is 1. The van der Waals surface area contributed by atoms with Gasteiger partial charge in [-0.2, -0.15) is 0 Å². The van der Waals surface area contributed by atoms with E-state index in [1.807, 2.05) is 24.4 Å². The quantitative estimate of drug-likeness (QED) is 0.847. The maximum absolute atomic E-state index is 11.1. The lowest BCUT2D eigenvalue weighted by Gasteiger charge is -2.14. The topological polar surface area (TPSA) is 60.9 Å². The van der Waals surface area contributed by atoms with E-state index in [2.05, 4.69) is 21.7 Å². The van der Waals surface area contributed by atoms with Crippen LogP contribution in [0.1, 0.15) is 23.7 Å². The first-order chi connectivity index (χ1) is 9.66. The fourth-order valence-electron chi connectivity index (χ4n) is 2.24. The van der Waals surface area contributed by atoms with Crippen LogP contribution in [0.2, 0.25) is 0 Å². The van der Waals surface area contributed by atoms with Gasteiger partial charge in [-0.25, -0.2) is 4.98 Å². The molecule has 0 bridgehead atoms. The molecule has 2 rings (SSSR count). The van der Waals surface area contributed by atoms with Gasteiger partial charge < -0.3 is 10.3 Å². The van der Waals surface area contributed by atoms with Crippen molar-refractivity contribution in [2.45, 2.75) is 25.4 Å². The predicted molar refractivity (Wildman–Crippen MR) is 82.9 cm³/mol. The smallest absolute Gasteiger partial charge is 0.0948 e. The second-order valence-corrected chi connectivity index (χ2v) is 6.49. The van der Waals surface area contributed by atoms with Crippen molar-refractivity contribution in [2.75, 3.05) is 12.0 Å². The molecule has 0 radical (unpaired) electrons. The third-order valence-corrected chi connectivity index (χ3v) is 4.12. The zero-order valence-corrected chi connectivity index (χ0v) is 12.6. The molecule has 2 N–H and O–H groups in total. The van der Waals surface area contributed by atoms with Gasteiger partial charge in [0, 0.05) is 35.5 Å². The Morgan fingerprint density at radius 1 is 1.35 bits per heavy atom. The normalized spacial score (nSPS) is 14.1. The number of aromatic nitrogens is 2. The predicted octanol–water partition coefficient (Wildman–Crippen LogP) is 1.89. The van der Waals surface area contributed by atoms with Gasteiger partial charge in [0.2, 0.25) is 0 Å². The van der Waals surface area contributed by atoms with Gasteiger partial charge in [0.1, 0.15) is 0 Å². The number of rotatable bonds is 7. The first-order valence-corrected chi connectivity index (χ1v) is 8.49. The van der Waals surface area contributed by atoms with Gasteiger partial charge in [-0.3, -0.25) is 4.21 Å². The van der Waals surface area contributed by atoms with E-state index in [1.54, 1.807) is 12.6 Å². The van der Waals surface area contributed by atoms with Crippen LogP contribution < -0.4 is 5.73 Å². The molecule has 0 aliphatic rings. The van der Waals surface area contributed by atoms with Gasteiger partial charge in [-0.1, -0.05) is 30.3 Å². The summed E-state index contributed by atoms with van der Waals surface area (Å²) < 4.78 is 13.2. The first-order valence-electron chi connectivity index (χ1n) is 6.76. The maximum Gasteiger partial charge on any atom is 0.0948 e. The second kappa shape index (κ2) is 7.36. The molecule has 0 spiro atoms. The summed E-state index contributed by atoms with van der Waals surface area (Å²) in [6, 6.07) is 10.2. The van der Waals surface area contributed by atoms with Crippen molar-refractivity contribution in [3.05, 3.63) is 54.1 Å². The monoisotopic (exact) mass is 291 g/mol. The molecule has 2 atom stereocenters. The molecule has 0 saturated carbocycles. The van der Waals surface area contributed by atoms with E-state index in [4.69, 9.17) is 5.73 Å². The number of hydrogen-bond acceptors (Lipinski definition) is 3. The van der Waals surface area contributed by atoms with E-state index < -0.39 is 10.8 Å². The fourth-order valence-corrected chi connectivity index (χ4v) is 2.77. The van der Waals surface area contributed by atoms with E-state index in [-0.39, 0.29) is 6.04 Å². The third-order valence-electron chi connectivity index (χ3n) is 3.25. The van der Waals surface area contributed by atoms with Crippen LogP contribution in [0.15, 0.2) is 42.9 Å². The number of nitrogens with two attached hydrogens (primary N) is 1. The summed E-state index contributed by atoms with van der Waals surface area (Å²) in [5, 5.41) is 0. The van der Waals surface area contributed by atoms with Crippen LogP contribution in [-0.2, 0) is 23.8 Å². The SMILES string of the molecule is CS(=O)CCCn1cncc1[C@H](N)Cc1ccccc1. The van der Waals surface area contributed by atoms with Crippen LogP contribution in [0.4, 0.5) is 0 Å². The van der Waals surface area contributed by atoms with E-state index in [1.165, 1.54) is 5.56 Å². The third kappa shape index (κ3) is 4.28. The van der Waals surface area contributed by atoms with Crippen molar-refractivity contribution < 1.29 is 4.21 Å². The van der Waals surface area contributed by atoms with Gasteiger partial charge >= 0.3 is 0 Å². The van der Waals surface area contributed by atoms with Crippen molar-refractivity contribution in [3.63, 3.8) is 0 Å². The van der Waals surface area contributed by atoms with Gasteiger partial charge in [-0.15, -0.1) is 0 Å². The Hall–Kier alpha value is -1.46. The second-order valence-electron chi connectivity index (χ2n) is 4.94.